The smallest absolute Gasteiger partial charge is 0.307 e. The molecule has 1 fully saturated rings. The van der Waals surface area contributed by atoms with Crippen LogP contribution in [0.2, 0.25) is 0 Å². The van der Waals surface area contributed by atoms with E-state index in [-0.39, 0.29) is 18.8 Å². The van der Waals surface area contributed by atoms with Crippen molar-refractivity contribution in [3.05, 3.63) is 29.8 Å². The highest BCUT2D eigenvalue weighted by molar-refractivity contribution is 7.87. The van der Waals surface area contributed by atoms with Crippen molar-refractivity contribution in [2.75, 3.05) is 13.1 Å². The summed E-state index contributed by atoms with van der Waals surface area (Å²) in [4.78, 5) is 11.0. The van der Waals surface area contributed by atoms with Gasteiger partial charge in [0.15, 0.2) is 0 Å². The summed E-state index contributed by atoms with van der Waals surface area (Å²) in [5.41, 5.74) is 0.711. The van der Waals surface area contributed by atoms with Gasteiger partial charge in [0.1, 0.15) is 5.75 Å². The van der Waals surface area contributed by atoms with Crippen molar-refractivity contribution in [1.29, 1.82) is 0 Å². The van der Waals surface area contributed by atoms with Crippen LogP contribution in [0.1, 0.15) is 18.4 Å². The lowest BCUT2D eigenvalue weighted by Gasteiger charge is -2.29. The van der Waals surface area contributed by atoms with Gasteiger partial charge in [0.25, 0.3) is 10.2 Å². The SMILES string of the molecule is O=C(O)C1CCCN(S(=O)(=O)NCc2ccc(O)cc2)C1. The molecule has 1 aliphatic rings. The molecule has 1 unspecified atom stereocenters. The number of rotatable bonds is 5. The number of benzene rings is 1. The van der Waals surface area contributed by atoms with Gasteiger partial charge in [-0.15, -0.1) is 0 Å². The molecule has 7 nitrogen and oxygen atoms in total. The number of hydrogen-bond donors (Lipinski definition) is 3. The molecule has 0 amide bonds. The monoisotopic (exact) mass is 314 g/mol. The summed E-state index contributed by atoms with van der Waals surface area (Å²) in [5.74, 6) is -1.50. The number of nitrogens with one attached hydrogen (secondary N) is 1. The van der Waals surface area contributed by atoms with E-state index < -0.39 is 22.1 Å². The number of piperidine rings is 1. The van der Waals surface area contributed by atoms with Gasteiger partial charge < -0.3 is 10.2 Å². The molecule has 0 bridgehead atoms. The molecule has 1 atom stereocenters. The van der Waals surface area contributed by atoms with Crippen LogP contribution in [0.3, 0.4) is 0 Å². The minimum atomic E-state index is -3.70. The Hall–Kier alpha value is -1.64. The summed E-state index contributed by atoms with van der Waals surface area (Å²) < 4.78 is 28.0. The van der Waals surface area contributed by atoms with Gasteiger partial charge in [-0.2, -0.15) is 17.4 Å². The maximum Gasteiger partial charge on any atom is 0.307 e. The van der Waals surface area contributed by atoms with Gasteiger partial charge in [-0.05, 0) is 30.5 Å². The Kier molecular flexibility index (Phi) is 4.81. The van der Waals surface area contributed by atoms with Gasteiger partial charge in [-0.3, -0.25) is 4.79 Å². The van der Waals surface area contributed by atoms with Gasteiger partial charge in [-0.1, -0.05) is 12.1 Å². The quantitative estimate of drug-likeness (QED) is 0.734. The van der Waals surface area contributed by atoms with Crippen LogP contribution in [0, 0.1) is 5.92 Å². The zero-order valence-corrected chi connectivity index (χ0v) is 12.2. The topological polar surface area (TPSA) is 107 Å². The molecular formula is C13H18N2O5S. The van der Waals surface area contributed by atoms with Crippen LogP contribution < -0.4 is 4.72 Å². The molecule has 21 heavy (non-hydrogen) atoms. The Morgan fingerprint density at radius 1 is 1.33 bits per heavy atom. The third kappa shape index (κ3) is 4.16. The lowest BCUT2D eigenvalue weighted by molar-refractivity contribution is -0.142. The van der Waals surface area contributed by atoms with Crippen molar-refractivity contribution >= 4 is 16.2 Å². The number of carbonyl (C=O) groups is 1. The molecule has 1 heterocycles. The second-order valence-electron chi connectivity index (χ2n) is 5.03. The molecule has 3 N–H and O–H groups in total. The summed E-state index contributed by atoms with van der Waals surface area (Å²) in [6.07, 6.45) is 1.04. The van der Waals surface area contributed by atoms with E-state index in [4.69, 9.17) is 10.2 Å². The first-order chi connectivity index (χ1) is 9.88. The Morgan fingerprint density at radius 3 is 2.62 bits per heavy atom. The molecule has 8 heteroatoms. The molecule has 1 aliphatic heterocycles. The third-order valence-corrected chi connectivity index (χ3v) is 4.99. The molecule has 116 valence electrons. The highest BCUT2D eigenvalue weighted by Crippen LogP contribution is 2.19. The zero-order chi connectivity index (χ0) is 15.5. The lowest BCUT2D eigenvalue weighted by Crippen LogP contribution is -2.47. The van der Waals surface area contributed by atoms with E-state index in [2.05, 4.69) is 4.72 Å². The molecule has 1 saturated heterocycles. The first-order valence-electron chi connectivity index (χ1n) is 6.64. The van der Waals surface area contributed by atoms with Gasteiger partial charge in [-0.25, -0.2) is 0 Å². The Bertz CT molecular complexity index is 599. The van der Waals surface area contributed by atoms with Crippen LogP contribution in [-0.4, -0.2) is 42.0 Å². The van der Waals surface area contributed by atoms with E-state index in [1.165, 1.54) is 16.4 Å². The summed E-state index contributed by atoms with van der Waals surface area (Å²) in [6.45, 7) is 0.422. The minimum Gasteiger partial charge on any atom is -0.508 e. The Balaban J connectivity index is 1.97. The number of hydrogen-bond acceptors (Lipinski definition) is 4. The average Bonchev–Trinajstić information content (AvgIpc) is 2.47. The number of nitrogens with zero attached hydrogens (tertiary/aromatic N) is 1. The maximum absolute atomic E-state index is 12.2. The van der Waals surface area contributed by atoms with Crippen molar-refractivity contribution in [3.8, 4) is 5.75 Å². The Morgan fingerprint density at radius 2 is 2.00 bits per heavy atom. The highest BCUT2D eigenvalue weighted by Gasteiger charge is 2.31. The number of aromatic hydroxyl groups is 1. The van der Waals surface area contributed by atoms with Crippen LogP contribution in [0.5, 0.6) is 5.75 Å². The van der Waals surface area contributed by atoms with E-state index in [0.717, 1.165) is 0 Å². The molecular weight excluding hydrogens is 296 g/mol. The van der Waals surface area contributed by atoms with E-state index >= 15 is 0 Å². The van der Waals surface area contributed by atoms with Crippen molar-refractivity contribution in [3.63, 3.8) is 0 Å². The van der Waals surface area contributed by atoms with Crippen LogP contribution in [-0.2, 0) is 21.5 Å². The van der Waals surface area contributed by atoms with Crippen LogP contribution >= 0.6 is 0 Å². The fraction of sp³-hybridized carbons (Fsp3) is 0.462. The van der Waals surface area contributed by atoms with Crippen LogP contribution in [0.15, 0.2) is 24.3 Å². The van der Waals surface area contributed by atoms with E-state index in [1.54, 1.807) is 12.1 Å². The predicted molar refractivity (Wildman–Crippen MR) is 75.8 cm³/mol. The number of carboxylic acid groups (broad SMARTS) is 1. The molecule has 2 rings (SSSR count). The van der Waals surface area contributed by atoms with Gasteiger partial charge >= 0.3 is 5.97 Å². The van der Waals surface area contributed by atoms with Gasteiger partial charge in [0.2, 0.25) is 0 Å². The number of aliphatic carboxylic acids is 1. The molecule has 0 spiro atoms. The summed E-state index contributed by atoms with van der Waals surface area (Å²) in [7, 11) is -3.70. The first-order valence-corrected chi connectivity index (χ1v) is 8.08. The normalized spacial score (nSPS) is 20.3. The van der Waals surface area contributed by atoms with E-state index in [1.807, 2.05) is 0 Å². The fourth-order valence-electron chi connectivity index (χ4n) is 2.24. The summed E-state index contributed by atoms with van der Waals surface area (Å²) >= 11 is 0. The second-order valence-corrected chi connectivity index (χ2v) is 6.78. The van der Waals surface area contributed by atoms with Gasteiger partial charge in [0.05, 0.1) is 5.92 Å². The van der Waals surface area contributed by atoms with Crippen molar-refractivity contribution in [2.45, 2.75) is 19.4 Å². The second kappa shape index (κ2) is 6.42. The molecule has 1 aromatic carbocycles. The summed E-state index contributed by atoms with van der Waals surface area (Å²) in [5, 5.41) is 18.2. The Labute approximate surface area is 123 Å². The van der Waals surface area contributed by atoms with Crippen molar-refractivity contribution in [2.24, 2.45) is 5.92 Å². The van der Waals surface area contributed by atoms with E-state index in [9.17, 15) is 13.2 Å². The number of carboxylic acids is 1. The first kappa shape index (κ1) is 15.7. The highest BCUT2D eigenvalue weighted by atomic mass is 32.2. The molecule has 0 aromatic heterocycles. The lowest BCUT2D eigenvalue weighted by atomic mass is 10.0. The van der Waals surface area contributed by atoms with Crippen LogP contribution in [0.25, 0.3) is 0 Å². The number of phenolic OH excluding ortho intramolecular Hbond substituents is 1. The molecule has 0 radical (unpaired) electrons. The maximum atomic E-state index is 12.2. The van der Waals surface area contributed by atoms with Crippen molar-refractivity contribution in [1.82, 2.24) is 9.03 Å². The fourth-order valence-corrected chi connectivity index (χ4v) is 3.52. The van der Waals surface area contributed by atoms with Gasteiger partial charge in [0, 0.05) is 19.6 Å². The standard InChI is InChI=1S/C13H18N2O5S/c16-12-5-3-10(4-6-12)8-14-21(19,20)15-7-1-2-11(9-15)13(17)18/h3-6,11,14,16H,1-2,7-9H2,(H,17,18). The van der Waals surface area contributed by atoms with Crippen molar-refractivity contribution < 1.29 is 23.4 Å². The third-order valence-electron chi connectivity index (χ3n) is 3.47. The van der Waals surface area contributed by atoms with E-state index in [0.29, 0.717) is 24.9 Å². The predicted octanol–water partition coefficient (Wildman–Crippen LogP) is 0.523. The molecule has 0 aliphatic carbocycles. The zero-order valence-electron chi connectivity index (χ0n) is 11.4. The average molecular weight is 314 g/mol. The molecule has 1 aromatic rings. The minimum absolute atomic E-state index is 0.000243. The summed E-state index contributed by atoms with van der Waals surface area (Å²) in [6, 6.07) is 6.19. The van der Waals surface area contributed by atoms with Crippen LogP contribution in [0.4, 0.5) is 0 Å². The largest absolute Gasteiger partial charge is 0.508 e. The molecule has 0 saturated carbocycles. The number of phenols is 1.